The van der Waals surface area contributed by atoms with Crippen molar-refractivity contribution < 1.29 is 14.3 Å². The molecule has 2 aromatic heterocycles. The zero-order chi connectivity index (χ0) is 18.1. The van der Waals surface area contributed by atoms with Crippen molar-refractivity contribution in [1.82, 2.24) is 24.6 Å². The number of amides is 1. The van der Waals surface area contributed by atoms with Crippen molar-refractivity contribution >= 4 is 11.7 Å². The molecule has 0 aromatic carbocycles. The van der Waals surface area contributed by atoms with Crippen LogP contribution in [0, 0.1) is 0 Å². The van der Waals surface area contributed by atoms with E-state index in [1.54, 1.807) is 28.0 Å². The number of ether oxygens (including phenoxy) is 2. The van der Waals surface area contributed by atoms with Crippen molar-refractivity contribution in [2.75, 3.05) is 38.7 Å². The second kappa shape index (κ2) is 6.81. The molecule has 0 radical (unpaired) electrons. The van der Waals surface area contributed by atoms with Crippen LogP contribution in [-0.4, -0.2) is 70.5 Å². The highest BCUT2D eigenvalue weighted by atomic mass is 16.5. The molecule has 9 nitrogen and oxygen atoms in total. The molecule has 0 N–H and O–H groups in total. The molecule has 0 saturated carbocycles. The average Bonchev–Trinajstić information content (AvgIpc) is 3.28. The number of likely N-dealkylation sites (tertiary alicyclic amines) is 1. The molecule has 2 aromatic rings. The molecule has 1 saturated heterocycles. The zero-order valence-electron chi connectivity index (χ0n) is 15.0. The van der Waals surface area contributed by atoms with Crippen LogP contribution < -0.4 is 14.4 Å². The first-order chi connectivity index (χ1) is 12.6. The molecule has 1 fully saturated rings. The summed E-state index contributed by atoms with van der Waals surface area (Å²) in [6, 6.07) is 1.72. The van der Waals surface area contributed by atoms with E-state index in [2.05, 4.69) is 15.1 Å². The number of aryl methyl sites for hydroxylation is 1. The monoisotopic (exact) mass is 358 g/mol. The Kier molecular flexibility index (Phi) is 4.36. The Hall–Kier alpha value is -2.84. The molecule has 26 heavy (non-hydrogen) atoms. The van der Waals surface area contributed by atoms with Gasteiger partial charge in [0.2, 0.25) is 11.8 Å². The molecule has 4 rings (SSSR count). The van der Waals surface area contributed by atoms with Crippen LogP contribution in [0.5, 0.6) is 11.8 Å². The van der Waals surface area contributed by atoms with E-state index in [0.29, 0.717) is 37.2 Å². The van der Waals surface area contributed by atoms with Crippen LogP contribution in [0.4, 0.5) is 5.82 Å². The minimum absolute atomic E-state index is 0.0882. The molecule has 2 aliphatic heterocycles. The van der Waals surface area contributed by atoms with Gasteiger partial charge in [-0.15, -0.1) is 0 Å². The number of carbonyl (C=O) groups excluding carboxylic acids is 1. The van der Waals surface area contributed by atoms with Gasteiger partial charge in [0.05, 0.1) is 25.5 Å². The minimum atomic E-state index is -0.0980. The summed E-state index contributed by atoms with van der Waals surface area (Å²) in [5.41, 5.74) is 0.428. The summed E-state index contributed by atoms with van der Waals surface area (Å²) in [6.45, 7) is 2.60. The number of carbonyl (C=O) groups is 1. The number of hydrogen-bond donors (Lipinski definition) is 0. The van der Waals surface area contributed by atoms with Crippen LogP contribution in [-0.2, 0) is 6.54 Å². The molecule has 2 aliphatic rings. The van der Waals surface area contributed by atoms with Crippen LogP contribution in [0.3, 0.4) is 0 Å². The molecule has 4 heterocycles. The third kappa shape index (κ3) is 3.29. The van der Waals surface area contributed by atoms with E-state index >= 15 is 0 Å². The van der Waals surface area contributed by atoms with Crippen LogP contribution >= 0.6 is 0 Å². The van der Waals surface area contributed by atoms with E-state index in [9.17, 15) is 4.79 Å². The van der Waals surface area contributed by atoms with E-state index in [1.165, 1.54) is 0 Å². The highest BCUT2D eigenvalue weighted by Gasteiger charge is 2.31. The number of hydrogen-bond acceptors (Lipinski definition) is 7. The molecule has 0 aliphatic carbocycles. The Bertz CT molecular complexity index is 782. The predicted molar refractivity (Wildman–Crippen MR) is 93.6 cm³/mol. The summed E-state index contributed by atoms with van der Waals surface area (Å²) >= 11 is 0. The van der Waals surface area contributed by atoms with Gasteiger partial charge >= 0.3 is 0 Å². The summed E-state index contributed by atoms with van der Waals surface area (Å²) in [6.07, 6.45) is 4.84. The van der Waals surface area contributed by atoms with Gasteiger partial charge in [-0.2, -0.15) is 10.1 Å². The summed E-state index contributed by atoms with van der Waals surface area (Å²) < 4.78 is 13.2. The third-order valence-corrected chi connectivity index (χ3v) is 4.50. The molecule has 0 spiro atoms. The van der Waals surface area contributed by atoms with Crippen molar-refractivity contribution in [3.05, 3.63) is 24.2 Å². The van der Waals surface area contributed by atoms with E-state index < -0.39 is 0 Å². The lowest BCUT2D eigenvalue weighted by molar-refractivity contribution is 0.0764. The molecular weight excluding hydrogens is 336 g/mol. The van der Waals surface area contributed by atoms with Gasteiger partial charge in [0, 0.05) is 46.1 Å². The van der Waals surface area contributed by atoms with Crippen LogP contribution in [0.1, 0.15) is 23.3 Å². The second-order valence-corrected chi connectivity index (χ2v) is 6.68. The van der Waals surface area contributed by atoms with Crippen LogP contribution in [0.2, 0.25) is 0 Å². The third-order valence-electron chi connectivity index (χ3n) is 4.50. The fourth-order valence-electron chi connectivity index (χ4n) is 3.12. The molecule has 1 atom stereocenters. The van der Waals surface area contributed by atoms with Crippen LogP contribution in [0.25, 0.3) is 0 Å². The van der Waals surface area contributed by atoms with E-state index in [1.807, 2.05) is 19.0 Å². The Labute approximate surface area is 151 Å². The molecular formula is C17H22N6O3. The van der Waals surface area contributed by atoms with Gasteiger partial charge in [0.25, 0.3) is 5.91 Å². The SMILES string of the molecule is CN(C)c1cncc(O[C@@H]2CCN(C(=O)c3cc4n(n3)CCCO4)C2)n1. The fourth-order valence-corrected chi connectivity index (χ4v) is 3.12. The van der Waals surface area contributed by atoms with Gasteiger partial charge in [0.15, 0.2) is 11.5 Å². The largest absolute Gasteiger partial charge is 0.478 e. The van der Waals surface area contributed by atoms with E-state index in [-0.39, 0.29) is 12.0 Å². The lowest BCUT2D eigenvalue weighted by Gasteiger charge is -2.17. The molecule has 0 unspecified atom stereocenters. The van der Waals surface area contributed by atoms with Gasteiger partial charge in [0.1, 0.15) is 6.10 Å². The molecule has 138 valence electrons. The summed E-state index contributed by atoms with van der Waals surface area (Å²) in [7, 11) is 3.80. The minimum Gasteiger partial charge on any atom is -0.478 e. The summed E-state index contributed by atoms with van der Waals surface area (Å²) in [5, 5.41) is 4.37. The van der Waals surface area contributed by atoms with E-state index in [4.69, 9.17) is 9.47 Å². The van der Waals surface area contributed by atoms with E-state index in [0.717, 1.165) is 25.2 Å². The zero-order valence-corrected chi connectivity index (χ0v) is 15.0. The Balaban J connectivity index is 1.39. The molecule has 1 amide bonds. The van der Waals surface area contributed by atoms with Crippen molar-refractivity contribution in [3.63, 3.8) is 0 Å². The lowest BCUT2D eigenvalue weighted by Crippen LogP contribution is -2.31. The van der Waals surface area contributed by atoms with Gasteiger partial charge in [-0.1, -0.05) is 0 Å². The maximum Gasteiger partial charge on any atom is 0.274 e. The summed E-state index contributed by atoms with van der Waals surface area (Å²) in [5.74, 6) is 1.79. The molecule has 9 heteroatoms. The smallest absolute Gasteiger partial charge is 0.274 e. The number of aromatic nitrogens is 4. The number of rotatable bonds is 4. The Morgan fingerprint density at radius 1 is 1.35 bits per heavy atom. The molecule has 0 bridgehead atoms. The Morgan fingerprint density at radius 3 is 3.04 bits per heavy atom. The highest BCUT2D eigenvalue weighted by Crippen LogP contribution is 2.22. The van der Waals surface area contributed by atoms with Gasteiger partial charge < -0.3 is 19.3 Å². The van der Waals surface area contributed by atoms with Crippen molar-refractivity contribution in [2.24, 2.45) is 0 Å². The first-order valence-electron chi connectivity index (χ1n) is 8.76. The standard InChI is InChI=1S/C17H22N6O3/c1-21(2)14-9-18-10-15(19-14)26-12-4-6-22(11-12)17(24)13-8-16-23(20-13)5-3-7-25-16/h8-10,12H,3-7,11H2,1-2H3/t12-/m1/s1. The lowest BCUT2D eigenvalue weighted by atomic mass is 10.3. The number of nitrogens with zero attached hydrogens (tertiary/aromatic N) is 6. The van der Waals surface area contributed by atoms with Gasteiger partial charge in [-0.25, -0.2) is 4.68 Å². The van der Waals surface area contributed by atoms with Crippen molar-refractivity contribution in [3.8, 4) is 11.8 Å². The number of fused-ring (bicyclic) bond motifs is 1. The van der Waals surface area contributed by atoms with Crippen molar-refractivity contribution in [2.45, 2.75) is 25.5 Å². The van der Waals surface area contributed by atoms with Crippen LogP contribution in [0.15, 0.2) is 18.5 Å². The maximum absolute atomic E-state index is 12.7. The van der Waals surface area contributed by atoms with Crippen molar-refractivity contribution in [1.29, 1.82) is 0 Å². The topological polar surface area (TPSA) is 85.6 Å². The predicted octanol–water partition coefficient (Wildman–Crippen LogP) is 0.815. The number of anilines is 1. The first kappa shape index (κ1) is 16.6. The van der Waals surface area contributed by atoms with Gasteiger partial charge in [-0.05, 0) is 0 Å². The quantitative estimate of drug-likeness (QED) is 0.800. The average molecular weight is 358 g/mol. The maximum atomic E-state index is 12.7. The second-order valence-electron chi connectivity index (χ2n) is 6.68. The normalized spacial score (nSPS) is 19.0. The van der Waals surface area contributed by atoms with Gasteiger partial charge in [-0.3, -0.25) is 9.78 Å². The first-order valence-corrected chi connectivity index (χ1v) is 8.76. The Morgan fingerprint density at radius 2 is 2.23 bits per heavy atom. The highest BCUT2D eigenvalue weighted by molar-refractivity contribution is 5.92. The fraction of sp³-hybridized carbons (Fsp3) is 0.529. The summed E-state index contributed by atoms with van der Waals surface area (Å²) in [4.78, 5) is 24.9.